The number of rotatable bonds is 11. The normalized spacial score (nSPS) is 11.3. The van der Waals surface area contributed by atoms with Crippen molar-refractivity contribution < 1.29 is 42.6 Å². The average molecular weight is 514 g/mol. The van der Waals surface area contributed by atoms with E-state index in [9.17, 15) is 14.2 Å². The molecule has 0 aliphatic heterocycles. The van der Waals surface area contributed by atoms with Gasteiger partial charge in [-0.05, 0) is 6.07 Å². The van der Waals surface area contributed by atoms with E-state index in [2.05, 4.69) is 0 Å². The summed E-state index contributed by atoms with van der Waals surface area (Å²) in [4.78, 5) is 26.8. The summed E-state index contributed by atoms with van der Waals surface area (Å²) in [7, 11) is 4.89. The first-order valence-electron chi connectivity index (χ1n) is 10.7. The number of carbonyl (C=O) groups excluding carboxylic acids is 2. The molecule has 0 saturated carbocycles. The molecule has 0 aliphatic rings. The fraction of sp³-hybridized carbons (Fsp3) is 0.231. The van der Waals surface area contributed by atoms with Gasteiger partial charge in [0.05, 0.1) is 48.2 Å². The SMILES string of the molecule is COc1cc(OC)c(C(=O)[PH](=O)c2c(OC)cc(C(=O)c3ccccc3)c(OC)c2OC)c(OC)c1. The zero-order valence-corrected chi connectivity index (χ0v) is 21.8. The van der Waals surface area contributed by atoms with Crippen LogP contribution in [-0.2, 0) is 4.57 Å². The van der Waals surface area contributed by atoms with Crippen LogP contribution in [0.25, 0.3) is 0 Å². The molecular weight excluding hydrogens is 487 g/mol. The number of benzene rings is 3. The lowest BCUT2D eigenvalue weighted by Crippen LogP contribution is -2.16. The lowest BCUT2D eigenvalue weighted by Gasteiger charge is -2.20. The van der Waals surface area contributed by atoms with Crippen molar-refractivity contribution in [3.05, 3.63) is 65.2 Å². The van der Waals surface area contributed by atoms with Gasteiger partial charge in [-0.3, -0.25) is 9.59 Å². The van der Waals surface area contributed by atoms with Gasteiger partial charge in [-0.2, -0.15) is 0 Å². The highest BCUT2D eigenvalue weighted by atomic mass is 31.1. The Hall–Kier alpha value is -3.97. The fourth-order valence-electron chi connectivity index (χ4n) is 3.76. The van der Waals surface area contributed by atoms with Crippen molar-refractivity contribution in [3.8, 4) is 34.5 Å². The summed E-state index contributed by atoms with van der Waals surface area (Å²) in [6, 6.07) is 12.9. The minimum atomic E-state index is -3.33. The van der Waals surface area contributed by atoms with Crippen LogP contribution in [0.15, 0.2) is 48.5 Å². The van der Waals surface area contributed by atoms with Crippen LogP contribution in [0.5, 0.6) is 34.5 Å². The molecule has 1 atom stereocenters. The number of ketones is 1. The van der Waals surface area contributed by atoms with E-state index in [-0.39, 0.29) is 51.0 Å². The van der Waals surface area contributed by atoms with Gasteiger partial charge >= 0.3 is 0 Å². The summed E-state index contributed by atoms with van der Waals surface area (Å²) in [6.07, 6.45) is 0. The highest BCUT2D eigenvalue weighted by Crippen LogP contribution is 2.46. The first-order valence-corrected chi connectivity index (χ1v) is 12.1. The van der Waals surface area contributed by atoms with E-state index in [1.165, 1.54) is 60.9 Å². The van der Waals surface area contributed by atoms with Gasteiger partial charge in [0.25, 0.3) is 0 Å². The predicted molar refractivity (Wildman–Crippen MR) is 135 cm³/mol. The molecule has 3 aromatic rings. The molecule has 3 aromatic carbocycles. The zero-order chi connectivity index (χ0) is 26.4. The van der Waals surface area contributed by atoms with Crippen LogP contribution >= 0.6 is 7.80 Å². The Balaban J connectivity index is 2.23. The number of ether oxygens (including phenoxy) is 6. The van der Waals surface area contributed by atoms with Crippen LogP contribution < -0.4 is 33.7 Å². The van der Waals surface area contributed by atoms with Gasteiger partial charge in [0.15, 0.2) is 25.1 Å². The Morgan fingerprint density at radius 1 is 0.667 bits per heavy atom. The van der Waals surface area contributed by atoms with Crippen molar-refractivity contribution in [3.63, 3.8) is 0 Å². The second kappa shape index (κ2) is 11.6. The maximum atomic E-state index is 13.8. The van der Waals surface area contributed by atoms with Gasteiger partial charge in [-0.25, -0.2) is 0 Å². The molecule has 0 bridgehead atoms. The third-order valence-electron chi connectivity index (χ3n) is 5.48. The minimum Gasteiger partial charge on any atom is -0.496 e. The predicted octanol–water partition coefficient (Wildman–Crippen LogP) is 3.99. The average Bonchev–Trinajstić information content (AvgIpc) is 2.94. The van der Waals surface area contributed by atoms with Crippen molar-refractivity contribution in [1.82, 2.24) is 0 Å². The van der Waals surface area contributed by atoms with E-state index in [1.807, 2.05) is 0 Å². The monoisotopic (exact) mass is 514 g/mol. The number of carbonyl (C=O) groups is 2. The van der Waals surface area contributed by atoms with E-state index in [1.54, 1.807) is 30.3 Å². The summed E-state index contributed by atoms with van der Waals surface area (Å²) >= 11 is 0. The molecular formula is C26H27O9P. The Morgan fingerprint density at radius 2 is 1.22 bits per heavy atom. The van der Waals surface area contributed by atoms with Crippen molar-refractivity contribution in [2.24, 2.45) is 0 Å². The Kier molecular flexibility index (Phi) is 8.61. The van der Waals surface area contributed by atoms with Gasteiger partial charge in [-0.15, -0.1) is 0 Å². The van der Waals surface area contributed by atoms with Crippen LogP contribution in [0.4, 0.5) is 0 Å². The van der Waals surface area contributed by atoms with E-state index in [0.717, 1.165) is 0 Å². The Morgan fingerprint density at radius 3 is 1.69 bits per heavy atom. The summed E-state index contributed by atoms with van der Waals surface area (Å²) in [5, 5.41) is -0.0311. The van der Waals surface area contributed by atoms with Gasteiger partial charge in [0.1, 0.15) is 33.9 Å². The topological polar surface area (TPSA) is 107 Å². The van der Waals surface area contributed by atoms with Gasteiger partial charge < -0.3 is 33.0 Å². The largest absolute Gasteiger partial charge is 0.496 e. The third-order valence-corrected chi connectivity index (χ3v) is 7.07. The Bertz CT molecular complexity index is 1280. The van der Waals surface area contributed by atoms with Crippen LogP contribution in [0.1, 0.15) is 26.3 Å². The number of methoxy groups -OCH3 is 6. The summed E-state index contributed by atoms with van der Waals surface area (Å²) in [5.41, 5.74) is -0.263. The molecule has 0 radical (unpaired) electrons. The van der Waals surface area contributed by atoms with E-state index in [0.29, 0.717) is 11.3 Å². The van der Waals surface area contributed by atoms with Crippen LogP contribution in [0.3, 0.4) is 0 Å². The highest BCUT2D eigenvalue weighted by molar-refractivity contribution is 7.72. The smallest absolute Gasteiger partial charge is 0.230 e. The standard InChI is InChI=1S/C26H27O9P/c1-30-16-12-18(31-2)21(19(13-16)32-3)26(28)36(29)25-20(33-4)14-17(23(34-5)24(25)35-6)22(27)15-10-8-7-9-11-15/h7-14,36H,1-6H3. The third kappa shape index (κ3) is 4.88. The Labute approximate surface area is 209 Å². The fourth-order valence-corrected chi connectivity index (χ4v) is 5.28. The molecule has 0 aliphatic carbocycles. The van der Waals surface area contributed by atoms with Gasteiger partial charge in [0.2, 0.25) is 5.52 Å². The molecule has 190 valence electrons. The lowest BCUT2D eigenvalue weighted by molar-refractivity contribution is 0.103. The molecule has 9 nitrogen and oxygen atoms in total. The summed E-state index contributed by atoms with van der Waals surface area (Å²) in [5.74, 6) is 0.295. The maximum Gasteiger partial charge on any atom is 0.230 e. The van der Waals surface area contributed by atoms with Crippen molar-refractivity contribution in [2.75, 3.05) is 42.7 Å². The molecule has 0 aromatic heterocycles. The van der Waals surface area contributed by atoms with Crippen molar-refractivity contribution >= 4 is 24.4 Å². The van der Waals surface area contributed by atoms with E-state index in [4.69, 9.17) is 28.4 Å². The molecule has 0 saturated heterocycles. The summed E-state index contributed by atoms with van der Waals surface area (Å²) in [6.45, 7) is 0. The van der Waals surface area contributed by atoms with Crippen molar-refractivity contribution in [2.45, 2.75) is 0 Å². The quantitative estimate of drug-likeness (QED) is 0.277. The zero-order valence-electron chi connectivity index (χ0n) is 20.8. The molecule has 1 unspecified atom stereocenters. The van der Waals surface area contributed by atoms with E-state index >= 15 is 0 Å². The first-order chi connectivity index (χ1) is 17.4. The highest BCUT2D eigenvalue weighted by Gasteiger charge is 2.33. The molecule has 0 spiro atoms. The molecule has 3 rings (SSSR count). The number of hydrogen-bond donors (Lipinski definition) is 0. The molecule has 0 fully saturated rings. The van der Waals surface area contributed by atoms with Crippen LogP contribution in [0.2, 0.25) is 0 Å². The lowest BCUT2D eigenvalue weighted by atomic mass is 10.0. The minimum absolute atomic E-state index is 0.0296. The molecule has 0 heterocycles. The molecule has 0 N–H and O–H groups in total. The van der Waals surface area contributed by atoms with Crippen LogP contribution in [0, 0.1) is 0 Å². The summed E-state index contributed by atoms with van der Waals surface area (Å²) < 4.78 is 46.3. The van der Waals surface area contributed by atoms with Gasteiger partial charge in [0, 0.05) is 17.7 Å². The van der Waals surface area contributed by atoms with E-state index < -0.39 is 13.3 Å². The second-order valence-corrected chi connectivity index (χ2v) is 8.94. The molecule has 36 heavy (non-hydrogen) atoms. The van der Waals surface area contributed by atoms with Gasteiger partial charge in [-0.1, -0.05) is 30.3 Å². The molecule has 0 amide bonds. The van der Waals surface area contributed by atoms with Crippen LogP contribution in [-0.4, -0.2) is 54.0 Å². The number of hydrogen-bond acceptors (Lipinski definition) is 9. The van der Waals surface area contributed by atoms with Crippen molar-refractivity contribution in [1.29, 1.82) is 0 Å². The first kappa shape index (κ1) is 26.6. The molecule has 10 heteroatoms. The second-order valence-electron chi connectivity index (χ2n) is 7.33. The maximum absolute atomic E-state index is 13.8.